The molecule has 10 heteroatoms. The monoisotopic (exact) mass is 495 g/mol. The van der Waals surface area contributed by atoms with E-state index in [-0.39, 0.29) is 4.90 Å². The third kappa shape index (κ3) is 5.61. The highest BCUT2D eigenvalue weighted by Gasteiger charge is 2.51. The van der Waals surface area contributed by atoms with Crippen LogP contribution in [0.15, 0.2) is 71.8 Å². The maximum absolute atomic E-state index is 12.8. The molecule has 0 bridgehead atoms. The summed E-state index contributed by atoms with van der Waals surface area (Å²) >= 11 is 0. The van der Waals surface area contributed by atoms with E-state index in [1.54, 1.807) is 37.4 Å². The molecule has 1 aliphatic heterocycles. The van der Waals surface area contributed by atoms with Gasteiger partial charge in [0.15, 0.2) is 0 Å². The predicted molar refractivity (Wildman–Crippen MR) is 138 cm³/mol. The van der Waals surface area contributed by atoms with E-state index in [1.807, 2.05) is 52.0 Å². The summed E-state index contributed by atoms with van der Waals surface area (Å²) in [5.74, 6) is 1.36. The Balaban J connectivity index is 1.37. The summed E-state index contributed by atoms with van der Waals surface area (Å²) in [6.45, 7) is 8.51. The molecule has 35 heavy (non-hydrogen) atoms. The lowest BCUT2D eigenvalue weighted by atomic mass is 9.79. The summed E-state index contributed by atoms with van der Waals surface area (Å²) in [7, 11) is -2.67. The van der Waals surface area contributed by atoms with E-state index in [4.69, 9.17) is 14.0 Å². The van der Waals surface area contributed by atoms with E-state index < -0.39 is 28.3 Å². The van der Waals surface area contributed by atoms with Gasteiger partial charge in [-0.05, 0) is 75.1 Å². The summed E-state index contributed by atoms with van der Waals surface area (Å²) in [4.78, 5) is 4.31. The van der Waals surface area contributed by atoms with Gasteiger partial charge >= 0.3 is 7.12 Å². The average Bonchev–Trinajstić information content (AvgIpc) is 3.05. The van der Waals surface area contributed by atoms with Gasteiger partial charge in [0.05, 0.1) is 18.3 Å². The van der Waals surface area contributed by atoms with Gasteiger partial charge in [-0.15, -0.1) is 0 Å². The summed E-state index contributed by atoms with van der Waals surface area (Å²) in [5, 5.41) is 3.18. The van der Waals surface area contributed by atoms with Crippen molar-refractivity contribution in [3.63, 3.8) is 0 Å². The van der Waals surface area contributed by atoms with E-state index in [9.17, 15) is 8.42 Å². The molecule has 0 amide bonds. The summed E-state index contributed by atoms with van der Waals surface area (Å²) < 4.78 is 45.5. The molecule has 0 saturated carbocycles. The molecule has 2 N–H and O–H groups in total. The second-order valence-electron chi connectivity index (χ2n) is 9.40. The smallest absolute Gasteiger partial charge is 0.494 e. The standard InChI is InChI=1S/C25H30BN3O5S/c1-24(2)25(3,4)34-26(33-24)19-8-10-20(11-9-19)29-35(30,31)22-14-15-23(28-17-22)27-16-18-6-12-21(32-5)13-7-18/h6-15,17,29H,16H2,1-5H3,(H,27,28). The number of anilines is 2. The van der Waals surface area contributed by atoms with Gasteiger partial charge < -0.3 is 19.4 Å². The van der Waals surface area contributed by atoms with Crippen molar-refractivity contribution >= 4 is 34.1 Å². The van der Waals surface area contributed by atoms with Crippen molar-refractivity contribution in [3.05, 3.63) is 72.4 Å². The van der Waals surface area contributed by atoms with Gasteiger partial charge in [0, 0.05) is 18.4 Å². The summed E-state index contributed by atoms with van der Waals surface area (Å²) in [6, 6.07) is 17.8. The van der Waals surface area contributed by atoms with Gasteiger partial charge in [-0.3, -0.25) is 4.72 Å². The molecule has 0 unspecified atom stereocenters. The van der Waals surface area contributed by atoms with Crippen LogP contribution in [0.2, 0.25) is 0 Å². The van der Waals surface area contributed by atoms with Crippen molar-refractivity contribution in [1.29, 1.82) is 0 Å². The minimum atomic E-state index is -3.79. The van der Waals surface area contributed by atoms with Crippen molar-refractivity contribution < 1.29 is 22.5 Å². The molecule has 0 atom stereocenters. The minimum absolute atomic E-state index is 0.0718. The van der Waals surface area contributed by atoms with E-state index in [0.29, 0.717) is 18.1 Å². The van der Waals surface area contributed by atoms with Crippen LogP contribution < -0.4 is 20.2 Å². The van der Waals surface area contributed by atoms with Crippen LogP contribution in [0.25, 0.3) is 0 Å². The van der Waals surface area contributed by atoms with Crippen molar-refractivity contribution in [2.75, 3.05) is 17.1 Å². The Morgan fingerprint density at radius 2 is 1.54 bits per heavy atom. The normalized spacial score (nSPS) is 16.7. The molecular weight excluding hydrogens is 465 g/mol. The number of pyridine rings is 1. The van der Waals surface area contributed by atoms with Crippen LogP contribution in [-0.4, -0.2) is 38.8 Å². The van der Waals surface area contributed by atoms with Crippen molar-refractivity contribution in [2.24, 2.45) is 0 Å². The van der Waals surface area contributed by atoms with Crippen LogP contribution in [-0.2, 0) is 25.9 Å². The van der Waals surface area contributed by atoms with Crippen LogP contribution in [0, 0.1) is 0 Å². The third-order valence-corrected chi connectivity index (χ3v) is 7.73. The highest BCUT2D eigenvalue weighted by Crippen LogP contribution is 2.36. The van der Waals surface area contributed by atoms with Crippen LogP contribution in [0.5, 0.6) is 5.75 Å². The number of hydrogen-bond acceptors (Lipinski definition) is 7. The fraction of sp³-hybridized carbons (Fsp3) is 0.320. The molecule has 184 valence electrons. The zero-order chi connectivity index (χ0) is 25.3. The second-order valence-corrected chi connectivity index (χ2v) is 11.1. The molecular formula is C25H30BN3O5S. The molecule has 0 aliphatic carbocycles. The molecule has 8 nitrogen and oxygen atoms in total. The molecule has 2 aromatic carbocycles. The number of nitrogens with one attached hydrogen (secondary N) is 2. The highest BCUT2D eigenvalue weighted by molar-refractivity contribution is 7.92. The lowest BCUT2D eigenvalue weighted by Crippen LogP contribution is -2.41. The molecule has 2 heterocycles. The number of methoxy groups -OCH3 is 1. The van der Waals surface area contributed by atoms with Crippen molar-refractivity contribution in [2.45, 2.75) is 50.3 Å². The van der Waals surface area contributed by atoms with Gasteiger partial charge in [0.1, 0.15) is 16.5 Å². The van der Waals surface area contributed by atoms with E-state index >= 15 is 0 Å². The number of benzene rings is 2. The lowest BCUT2D eigenvalue weighted by Gasteiger charge is -2.32. The largest absolute Gasteiger partial charge is 0.497 e. The number of hydrogen-bond donors (Lipinski definition) is 2. The van der Waals surface area contributed by atoms with Crippen molar-refractivity contribution in [1.82, 2.24) is 4.98 Å². The van der Waals surface area contributed by atoms with Crippen molar-refractivity contribution in [3.8, 4) is 5.75 Å². The minimum Gasteiger partial charge on any atom is -0.497 e. The first-order chi connectivity index (χ1) is 16.5. The van der Waals surface area contributed by atoms with E-state index in [0.717, 1.165) is 16.8 Å². The predicted octanol–water partition coefficient (Wildman–Crippen LogP) is 3.80. The Kier molecular flexibility index (Phi) is 6.81. The fourth-order valence-electron chi connectivity index (χ4n) is 3.48. The lowest BCUT2D eigenvalue weighted by molar-refractivity contribution is 0.00578. The number of rotatable bonds is 8. The summed E-state index contributed by atoms with van der Waals surface area (Å²) in [6.07, 6.45) is 1.33. The number of aromatic nitrogens is 1. The molecule has 4 rings (SSSR count). The molecule has 3 aromatic rings. The Labute approximate surface area is 207 Å². The molecule has 0 radical (unpaired) electrons. The molecule has 1 saturated heterocycles. The SMILES string of the molecule is COc1ccc(CNc2ccc(S(=O)(=O)Nc3ccc(B4OC(C)(C)C(C)(C)O4)cc3)cn2)cc1. The van der Waals surface area contributed by atoms with E-state index in [1.165, 1.54) is 12.3 Å². The fourth-order valence-corrected chi connectivity index (χ4v) is 4.48. The first-order valence-corrected chi connectivity index (χ1v) is 12.8. The third-order valence-electron chi connectivity index (χ3n) is 6.37. The van der Waals surface area contributed by atoms with Crippen LogP contribution >= 0.6 is 0 Å². The molecule has 1 fully saturated rings. The highest BCUT2D eigenvalue weighted by atomic mass is 32.2. The zero-order valence-corrected chi connectivity index (χ0v) is 21.3. The topological polar surface area (TPSA) is 98.8 Å². The van der Waals surface area contributed by atoms with Gasteiger partial charge in [-0.1, -0.05) is 24.3 Å². The molecule has 1 aromatic heterocycles. The Morgan fingerprint density at radius 1 is 0.914 bits per heavy atom. The van der Waals surface area contributed by atoms with Crippen LogP contribution in [0.1, 0.15) is 33.3 Å². The Hall–Kier alpha value is -3.08. The van der Waals surface area contributed by atoms with E-state index in [2.05, 4.69) is 15.0 Å². The number of sulfonamides is 1. The molecule has 0 spiro atoms. The average molecular weight is 495 g/mol. The van der Waals surface area contributed by atoms with Crippen LogP contribution in [0.3, 0.4) is 0 Å². The summed E-state index contributed by atoms with van der Waals surface area (Å²) in [5.41, 5.74) is 1.42. The van der Waals surface area contributed by atoms with Gasteiger partial charge in [0.25, 0.3) is 10.0 Å². The first-order valence-electron chi connectivity index (χ1n) is 11.3. The molecule has 1 aliphatic rings. The second kappa shape index (κ2) is 9.52. The zero-order valence-electron chi connectivity index (χ0n) is 20.5. The number of nitrogens with zero attached hydrogens (tertiary/aromatic N) is 1. The van der Waals surface area contributed by atoms with Crippen LogP contribution in [0.4, 0.5) is 11.5 Å². The Bertz CT molecular complexity index is 1250. The van der Waals surface area contributed by atoms with Gasteiger partial charge in [0.2, 0.25) is 0 Å². The first kappa shape index (κ1) is 25.0. The maximum Gasteiger partial charge on any atom is 0.494 e. The van der Waals surface area contributed by atoms with Gasteiger partial charge in [-0.2, -0.15) is 0 Å². The maximum atomic E-state index is 12.8. The van der Waals surface area contributed by atoms with Gasteiger partial charge in [-0.25, -0.2) is 13.4 Å². The quantitative estimate of drug-likeness (QED) is 0.459. The number of ether oxygens (including phenoxy) is 1. The Morgan fingerprint density at radius 3 is 2.09 bits per heavy atom.